The molecule has 19 heavy (non-hydrogen) atoms. The SMILES string of the molecule is CC(C)(C)NS(=O)(=O)Nc1ccc(C(=N)N)cc1F. The monoisotopic (exact) mass is 288 g/mol. The summed E-state index contributed by atoms with van der Waals surface area (Å²) in [7, 11) is -3.87. The van der Waals surface area contributed by atoms with Crippen LogP contribution in [0.15, 0.2) is 18.2 Å². The zero-order valence-electron chi connectivity index (χ0n) is 10.9. The van der Waals surface area contributed by atoms with E-state index >= 15 is 0 Å². The topological polar surface area (TPSA) is 108 Å². The molecule has 0 aliphatic heterocycles. The molecule has 0 radical (unpaired) electrons. The van der Waals surface area contributed by atoms with Crippen molar-refractivity contribution in [1.29, 1.82) is 5.41 Å². The van der Waals surface area contributed by atoms with E-state index in [9.17, 15) is 12.8 Å². The number of nitrogens with one attached hydrogen (secondary N) is 3. The van der Waals surface area contributed by atoms with Crippen LogP contribution in [0.5, 0.6) is 0 Å². The summed E-state index contributed by atoms with van der Waals surface area (Å²) >= 11 is 0. The maximum Gasteiger partial charge on any atom is 0.299 e. The van der Waals surface area contributed by atoms with Crippen LogP contribution in [0.3, 0.4) is 0 Å². The summed E-state index contributed by atoms with van der Waals surface area (Å²) in [6.45, 7) is 5.00. The minimum atomic E-state index is -3.87. The van der Waals surface area contributed by atoms with E-state index in [2.05, 4.69) is 9.44 Å². The Kier molecular flexibility index (Phi) is 4.16. The summed E-state index contributed by atoms with van der Waals surface area (Å²) in [6, 6.07) is 3.57. The van der Waals surface area contributed by atoms with E-state index in [1.165, 1.54) is 12.1 Å². The Bertz CT molecular complexity index is 593. The van der Waals surface area contributed by atoms with E-state index in [4.69, 9.17) is 11.1 Å². The number of nitrogens with two attached hydrogens (primary N) is 1. The largest absolute Gasteiger partial charge is 0.384 e. The van der Waals surface area contributed by atoms with Gasteiger partial charge in [0.1, 0.15) is 11.7 Å². The number of hydrogen-bond acceptors (Lipinski definition) is 3. The van der Waals surface area contributed by atoms with E-state index in [1.807, 2.05) is 0 Å². The molecule has 6 nitrogen and oxygen atoms in total. The fraction of sp³-hybridized carbons (Fsp3) is 0.364. The average molecular weight is 288 g/mol. The van der Waals surface area contributed by atoms with Gasteiger partial charge in [0.05, 0.1) is 5.69 Å². The van der Waals surface area contributed by atoms with Gasteiger partial charge >= 0.3 is 0 Å². The molecule has 0 aromatic heterocycles. The van der Waals surface area contributed by atoms with Crippen molar-refractivity contribution in [3.05, 3.63) is 29.6 Å². The van der Waals surface area contributed by atoms with Crippen LogP contribution >= 0.6 is 0 Å². The molecule has 5 N–H and O–H groups in total. The van der Waals surface area contributed by atoms with Crippen molar-refractivity contribution in [2.75, 3.05) is 4.72 Å². The van der Waals surface area contributed by atoms with Gasteiger partial charge in [-0.05, 0) is 39.0 Å². The first-order chi connectivity index (χ1) is 8.50. The number of halogens is 1. The number of benzene rings is 1. The first-order valence-electron chi connectivity index (χ1n) is 5.46. The highest BCUT2D eigenvalue weighted by Gasteiger charge is 2.20. The first kappa shape index (κ1) is 15.4. The normalized spacial score (nSPS) is 12.2. The molecule has 0 fully saturated rings. The Balaban J connectivity index is 2.98. The molecule has 1 aromatic carbocycles. The van der Waals surface area contributed by atoms with Gasteiger partial charge in [-0.3, -0.25) is 10.1 Å². The van der Waals surface area contributed by atoms with E-state index in [1.54, 1.807) is 20.8 Å². The van der Waals surface area contributed by atoms with Crippen LogP contribution in [0.4, 0.5) is 10.1 Å². The molecular weight excluding hydrogens is 271 g/mol. The Morgan fingerprint density at radius 3 is 2.37 bits per heavy atom. The second-order valence-electron chi connectivity index (χ2n) is 5.07. The molecule has 0 saturated carbocycles. The average Bonchev–Trinajstić information content (AvgIpc) is 2.16. The van der Waals surface area contributed by atoms with Gasteiger partial charge in [-0.25, -0.2) is 4.39 Å². The molecule has 0 bridgehead atoms. The molecular formula is C11H17FN4O2S. The van der Waals surface area contributed by atoms with Crippen molar-refractivity contribution in [3.63, 3.8) is 0 Å². The Labute approximate surface area is 111 Å². The van der Waals surface area contributed by atoms with Gasteiger partial charge in [0.25, 0.3) is 10.2 Å². The number of nitrogen functional groups attached to an aromatic ring is 1. The summed E-state index contributed by atoms with van der Waals surface area (Å²) in [6.07, 6.45) is 0. The smallest absolute Gasteiger partial charge is 0.299 e. The van der Waals surface area contributed by atoms with Crippen molar-refractivity contribution < 1.29 is 12.8 Å². The molecule has 0 atom stereocenters. The fourth-order valence-corrected chi connectivity index (χ4v) is 2.65. The van der Waals surface area contributed by atoms with Gasteiger partial charge in [-0.1, -0.05) is 0 Å². The fourth-order valence-electron chi connectivity index (χ4n) is 1.34. The molecule has 0 spiro atoms. The van der Waals surface area contributed by atoms with Crippen LogP contribution in [0, 0.1) is 11.2 Å². The highest BCUT2D eigenvalue weighted by atomic mass is 32.2. The number of rotatable bonds is 4. The summed E-state index contributed by atoms with van der Waals surface area (Å²) in [5.41, 5.74) is 4.51. The van der Waals surface area contributed by atoms with E-state index < -0.39 is 21.6 Å². The number of anilines is 1. The summed E-state index contributed by atoms with van der Waals surface area (Å²) < 4.78 is 41.5. The minimum Gasteiger partial charge on any atom is -0.384 e. The van der Waals surface area contributed by atoms with Crippen LogP contribution in [-0.4, -0.2) is 19.8 Å². The second kappa shape index (κ2) is 5.14. The quantitative estimate of drug-likeness (QED) is 0.493. The highest BCUT2D eigenvalue weighted by Crippen LogP contribution is 2.17. The van der Waals surface area contributed by atoms with Crippen LogP contribution in [-0.2, 0) is 10.2 Å². The van der Waals surface area contributed by atoms with Crippen LogP contribution in [0.25, 0.3) is 0 Å². The summed E-state index contributed by atoms with van der Waals surface area (Å²) in [5.74, 6) is -1.09. The minimum absolute atomic E-state index is 0.184. The summed E-state index contributed by atoms with van der Waals surface area (Å²) in [5, 5.41) is 7.16. The summed E-state index contributed by atoms with van der Waals surface area (Å²) in [4.78, 5) is 0. The third kappa shape index (κ3) is 4.84. The molecule has 0 saturated heterocycles. The lowest BCUT2D eigenvalue weighted by Gasteiger charge is -2.21. The lowest BCUT2D eigenvalue weighted by molar-refractivity contribution is 0.494. The maximum absolute atomic E-state index is 13.7. The van der Waals surface area contributed by atoms with Crippen molar-refractivity contribution >= 4 is 21.7 Å². The molecule has 1 rings (SSSR count). The van der Waals surface area contributed by atoms with Gasteiger partial charge in [-0.2, -0.15) is 13.1 Å². The molecule has 0 unspecified atom stereocenters. The second-order valence-corrected chi connectivity index (χ2v) is 6.48. The first-order valence-corrected chi connectivity index (χ1v) is 6.94. The molecule has 106 valence electrons. The third-order valence-electron chi connectivity index (χ3n) is 1.96. The van der Waals surface area contributed by atoms with Crippen molar-refractivity contribution in [1.82, 2.24) is 4.72 Å². The Morgan fingerprint density at radius 1 is 1.37 bits per heavy atom. The van der Waals surface area contributed by atoms with E-state index in [-0.39, 0.29) is 17.1 Å². The van der Waals surface area contributed by atoms with Gasteiger partial charge in [0.15, 0.2) is 0 Å². The molecule has 0 amide bonds. The Hall–Kier alpha value is -1.67. The zero-order chi connectivity index (χ0) is 14.8. The number of hydrogen-bond donors (Lipinski definition) is 4. The van der Waals surface area contributed by atoms with Gasteiger partial charge < -0.3 is 5.73 Å². The van der Waals surface area contributed by atoms with Crippen molar-refractivity contribution in [3.8, 4) is 0 Å². The van der Waals surface area contributed by atoms with Crippen LogP contribution in [0.2, 0.25) is 0 Å². The third-order valence-corrected chi connectivity index (χ3v) is 3.33. The van der Waals surface area contributed by atoms with Crippen molar-refractivity contribution in [2.24, 2.45) is 5.73 Å². The predicted molar refractivity (Wildman–Crippen MR) is 72.8 cm³/mol. The van der Waals surface area contributed by atoms with Crippen LogP contribution in [0.1, 0.15) is 26.3 Å². The molecule has 8 heteroatoms. The van der Waals surface area contributed by atoms with Gasteiger partial charge in [-0.15, -0.1) is 0 Å². The standard InChI is InChI=1S/C11H17FN4O2S/c1-11(2,3)16-19(17,18)15-9-5-4-7(10(13)14)6-8(9)12/h4-6,15-16H,1-3H3,(H3,13,14). The van der Waals surface area contributed by atoms with Crippen molar-refractivity contribution in [2.45, 2.75) is 26.3 Å². The van der Waals surface area contributed by atoms with Gasteiger partial charge in [0, 0.05) is 11.1 Å². The zero-order valence-corrected chi connectivity index (χ0v) is 11.7. The lowest BCUT2D eigenvalue weighted by atomic mass is 10.1. The number of amidine groups is 1. The molecule has 0 aliphatic carbocycles. The van der Waals surface area contributed by atoms with Gasteiger partial charge in [0.2, 0.25) is 0 Å². The molecule has 1 aromatic rings. The van der Waals surface area contributed by atoms with Crippen LogP contribution < -0.4 is 15.2 Å². The highest BCUT2D eigenvalue weighted by molar-refractivity contribution is 7.90. The van der Waals surface area contributed by atoms with E-state index in [0.717, 1.165) is 6.07 Å². The molecule has 0 heterocycles. The lowest BCUT2D eigenvalue weighted by Crippen LogP contribution is -2.43. The predicted octanol–water partition coefficient (Wildman–Crippen LogP) is 1.15. The maximum atomic E-state index is 13.7. The molecule has 0 aliphatic rings. The Morgan fingerprint density at radius 2 is 1.95 bits per heavy atom. The van der Waals surface area contributed by atoms with E-state index in [0.29, 0.717) is 0 Å².